The zero-order chi connectivity index (χ0) is 9.68. The predicted octanol–water partition coefficient (Wildman–Crippen LogP) is 1.05. The van der Waals surface area contributed by atoms with Gasteiger partial charge in [0.05, 0.1) is 6.10 Å². The number of hydrogen-bond donors (Lipinski definition) is 1. The minimum atomic E-state index is -0.834. The Morgan fingerprint density at radius 2 is 2.00 bits per heavy atom. The fraction of sp³-hybridized carbons (Fsp3) is 0.750. The average Bonchev–Trinajstić information content (AvgIpc) is 2.04. The van der Waals surface area contributed by atoms with E-state index in [4.69, 9.17) is 0 Å². The summed E-state index contributed by atoms with van der Waals surface area (Å²) in [4.78, 5) is 14.4. The Morgan fingerprint density at radius 1 is 1.38 bits per heavy atom. The third-order valence-corrected chi connectivity index (χ3v) is 2.06. The molecule has 1 N–H and O–H groups in total. The molecule has 5 nitrogen and oxygen atoms in total. The van der Waals surface area contributed by atoms with Gasteiger partial charge in [-0.3, -0.25) is 0 Å². The first kappa shape index (κ1) is 9.98. The van der Waals surface area contributed by atoms with Crippen LogP contribution in [0.25, 0.3) is 0 Å². The molecule has 2 atom stereocenters. The maximum atomic E-state index is 10.1. The number of nitrogens with zero attached hydrogens (tertiary/aromatic N) is 1. The molecule has 0 aromatic rings. The van der Waals surface area contributed by atoms with Crippen LogP contribution >= 0.6 is 0 Å². The van der Waals surface area contributed by atoms with Crippen LogP contribution in [0.4, 0.5) is 0 Å². The summed E-state index contributed by atoms with van der Waals surface area (Å²) in [6, 6.07) is 0. The molecule has 5 heteroatoms. The summed E-state index contributed by atoms with van der Waals surface area (Å²) >= 11 is 0. The summed E-state index contributed by atoms with van der Waals surface area (Å²) in [5.74, 6) is 0. The molecule has 1 aliphatic rings. The van der Waals surface area contributed by atoms with Crippen molar-refractivity contribution in [3.8, 4) is 0 Å². The van der Waals surface area contributed by atoms with Gasteiger partial charge >= 0.3 is 0 Å². The van der Waals surface area contributed by atoms with Crippen molar-refractivity contribution in [2.75, 3.05) is 0 Å². The van der Waals surface area contributed by atoms with Gasteiger partial charge in [-0.25, -0.2) is 0 Å². The van der Waals surface area contributed by atoms with Gasteiger partial charge in [-0.2, -0.15) is 0 Å². The molecule has 0 aliphatic heterocycles. The Balaban J connectivity index is 2.48. The Morgan fingerprint density at radius 3 is 2.62 bits per heavy atom. The highest BCUT2D eigenvalue weighted by Crippen LogP contribution is 2.16. The first-order valence-corrected chi connectivity index (χ1v) is 4.34. The highest BCUT2D eigenvalue weighted by atomic mass is 17.0. The fourth-order valence-corrected chi connectivity index (χ4v) is 1.37. The van der Waals surface area contributed by atoms with Gasteiger partial charge in [-0.05, 0) is 25.7 Å². The van der Waals surface area contributed by atoms with Crippen LogP contribution in [0.3, 0.4) is 0 Å². The average molecular weight is 187 g/mol. The molecule has 0 aromatic heterocycles. The van der Waals surface area contributed by atoms with Crippen molar-refractivity contribution in [2.45, 2.75) is 37.9 Å². The Hall–Kier alpha value is -1.10. The second-order valence-electron chi connectivity index (χ2n) is 3.06. The topological polar surface area (TPSA) is 72.6 Å². The van der Waals surface area contributed by atoms with Crippen LogP contribution in [0.1, 0.15) is 25.7 Å². The van der Waals surface area contributed by atoms with Crippen LogP contribution in [0.2, 0.25) is 0 Å². The molecule has 0 saturated heterocycles. The standard InChI is InChI=1S/C8H13NO4/c10-7-5-3-1-2-4-6-8(7)13-9(11)12/h1-2,7-8,10H,3-6H2/b2-1-/t7-,8-/m1/s1. The highest BCUT2D eigenvalue weighted by molar-refractivity contribution is 4.87. The molecular weight excluding hydrogens is 174 g/mol. The van der Waals surface area contributed by atoms with Gasteiger partial charge < -0.3 is 9.94 Å². The van der Waals surface area contributed by atoms with Crippen molar-refractivity contribution in [1.29, 1.82) is 0 Å². The Kier molecular flexibility index (Phi) is 3.70. The zero-order valence-electron chi connectivity index (χ0n) is 7.26. The van der Waals surface area contributed by atoms with E-state index in [-0.39, 0.29) is 0 Å². The molecular formula is C8H13NO4. The van der Waals surface area contributed by atoms with Gasteiger partial charge in [0.2, 0.25) is 0 Å². The lowest BCUT2D eigenvalue weighted by Crippen LogP contribution is -2.31. The molecule has 0 fully saturated rings. The van der Waals surface area contributed by atoms with Crippen LogP contribution in [0.5, 0.6) is 0 Å². The van der Waals surface area contributed by atoms with E-state index in [1.54, 1.807) is 0 Å². The van der Waals surface area contributed by atoms with E-state index < -0.39 is 17.3 Å². The number of aliphatic hydroxyl groups excluding tert-OH is 1. The van der Waals surface area contributed by atoms with E-state index in [1.165, 1.54) is 0 Å². The molecule has 13 heavy (non-hydrogen) atoms. The molecule has 74 valence electrons. The van der Waals surface area contributed by atoms with Crippen molar-refractivity contribution in [3.05, 3.63) is 22.3 Å². The second-order valence-corrected chi connectivity index (χ2v) is 3.06. The second kappa shape index (κ2) is 4.81. The SMILES string of the molecule is O=[N+]([O-])O[C@@H]1CC/C=C\CC[C@H]1O. The lowest BCUT2D eigenvalue weighted by Gasteiger charge is -2.21. The largest absolute Gasteiger partial charge is 0.391 e. The number of allylic oxidation sites excluding steroid dienone is 2. The number of aliphatic hydroxyl groups is 1. The van der Waals surface area contributed by atoms with E-state index in [1.807, 2.05) is 12.2 Å². The maximum Gasteiger partial charge on any atom is 0.294 e. The molecule has 0 radical (unpaired) electrons. The van der Waals surface area contributed by atoms with E-state index in [0.29, 0.717) is 12.8 Å². The molecule has 0 amide bonds. The maximum absolute atomic E-state index is 10.1. The first-order chi connectivity index (χ1) is 6.20. The van der Waals surface area contributed by atoms with E-state index in [0.717, 1.165) is 12.8 Å². The van der Waals surface area contributed by atoms with Gasteiger partial charge in [0.15, 0.2) is 0 Å². The number of hydrogen-bond acceptors (Lipinski definition) is 4. The summed E-state index contributed by atoms with van der Waals surface area (Å²) in [5, 5.41) is 18.7. The highest BCUT2D eigenvalue weighted by Gasteiger charge is 2.22. The summed E-state index contributed by atoms with van der Waals surface area (Å²) in [5.41, 5.74) is 0. The Bertz CT molecular complexity index is 204. The Labute approximate surface area is 76.1 Å². The normalized spacial score (nSPS) is 31.5. The van der Waals surface area contributed by atoms with Crippen molar-refractivity contribution >= 4 is 0 Å². The lowest BCUT2D eigenvalue weighted by atomic mass is 10.0. The molecule has 1 aliphatic carbocycles. The molecule has 0 unspecified atom stereocenters. The smallest absolute Gasteiger partial charge is 0.294 e. The predicted molar refractivity (Wildman–Crippen MR) is 45.5 cm³/mol. The molecule has 0 heterocycles. The molecule has 0 saturated carbocycles. The summed E-state index contributed by atoms with van der Waals surface area (Å²) in [6.07, 6.45) is 5.03. The van der Waals surface area contributed by atoms with Crippen LogP contribution in [-0.4, -0.2) is 22.4 Å². The van der Waals surface area contributed by atoms with Crippen LogP contribution in [0.15, 0.2) is 12.2 Å². The van der Waals surface area contributed by atoms with Crippen LogP contribution in [0, 0.1) is 10.1 Å². The molecule has 0 spiro atoms. The molecule has 0 aromatic carbocycles. The third-order valence-electron chi connectivity index (χ3n) is 2.06. The summed E-state index contributed by atoms with van der Waals surface area (Å²) < 4.78 is 0. The summed E-state index contributed by atoms with van der Waals surface area (Å²) in [6.45, 7) is 0. The molecule has 0 bridgehead atoms. The van der Waals surface area contributed by atoms with Crippen LogP contribution in [-0.2, 0) is 4.84 Å². The summed E-state index contributed by atoms with van der Waals surface area (Å²) in [7, 11) is 0. The monoisotopic (exact) mass is 187 g/mol. The van der Waals surface area contributed by atoms with E-state index in [2.05, 4.69) is 4.84 Å². The first-order valence-electron chi connectivity index (χ1n) is 4.34. The van der Waals surface area contributed by atoms with Gasteiger partial charge in [0.25, 0.3) is 5.09 Å². The van der Waals surface area contributed by atoms with Crippen LogP contribution < -0.4 is 0 Å². The van der Waals surface area contributed by atoms with Gasteiger partial charge in [0, 0.05) is 0 Å². The van der Waals surface area contributed by atoms with Gasteiger partial charge in [0.1, 0.15) is 6.10 Å². The zero-order valence-corrected chi connectivity index (χ0v) is 7.26. The van der Waals surface area contributed by atoms with Crippen molar-refractivity contribution in [1.82, 2.24) is 0 Å². The lowest BCUT2D eigenvalue weighted by molar-refractivity contribution is -0.770. The quantitative estimate of drug-likeness (QED) is 0.398. The van der Waals surface area contributed by atoms with Crippen molar-refractivity contribution in [2.24, 2.45) is 0 Å². The van der Waals surface area contributed by atoms with Crippen molar-refractivity contribution < 1.29 is 15.0 Å². The van der Waals surface area contributed by atoms with E-state index in [9.17, 15) is 15.2 Å². The minimum Gasteiger partial charge on any atom is -0.391 e. The van der Waals surface area contributed by atoms with Crippen molar-refractivity contribution in [3.63, 3.8) is 0 Å². The fourth-order valence-electron chi connectivity index (χ4n) is 1.37. The van der Waals surface area contributed by atoms with Gasteiger partial charge in [-0.15, -0.1) is 10.1 Å². The third kappa shape index (κ3) is 3.42. The minimum absolute atomic E-state index is 0.499. The number of rotatable bonds is 2. The van der Waals surface area contributed by atoms with E-state index >= 15 is 0 Å². The molecule has 1 rings (SSSR count). The van der Waals surface area contributed by atoms with Gasteiger partial charge in [-0.1, -0.05) is 12.2 Å².